The van der Waals surface area contributed by atoms with E-state index in [9.17, 15) is 0 Å². The number of rotatable bonds is 2. The highest BCUT2D eigenvalue weighted by molar-refractivity contribution is 14.1. The first-order valence-electron chi connectivity index (χ1n) is 5.81. The van der Waals surface area contributed by atoms with Gasteiger partial charge in [-0.05, 0) is 46.9 Å². The number of benzene rings is 2. The molecule has 94 valence electrons. The van der Waals surface area contributed by atoms with Crippen LogP contribution in [0, 0.1) is 3.57 Å². The van der Waals surface area contributed by atoms with Crippen molar-refractivity contribution in [2.45, 2.75) is 0 Å². The zero-order chi connectivity index (χ0) is 13.2. The number of nitrogens with two attached hydrogens (primary N) is 1. The molecule has 1 aromatic heterocycles. The monoisotopic (exact) mass is 362 g/mol. The van der Waals surface area contributed by atoms with E-state index in [0.29, 0.717) is 11.4 Å². The lowest BCUT2D eigenvalue weighted by atomic mass is 10.2. The van der Waals surface area contributed by atoms with Crippen molar-refractivity contribution in [2.75, 3.05) is 5.73 Å². The molecule has 0 fully saturated rings. The number of nitrogen functional groups attached to an aromatic ring is 1. The number of hydrogen-bond acceptors (Lipinski definition) is 3. The number of ether oxygens (including phenoxy) is 1. The maximum Gasteiger partial charge on any atom is 0.161 e. The minimum atomic E-state index is 0.540. The minimum Gasteiger partial charge on any atom is -0.453 e. The lowest BCUT2D eigenvalue weighted by Crippen LogP contribution is -1.96. The van der Waals surface area contributed by atoms with Gasteiger partial charge < -0.3 is 10.5 Å². The number of aromatic nitrogens is 1. The van der Waals surface area contributed by atoms with Crippen molar-refractivity contribution in [1.29, 1.82) is 0 Å². The molecule has 0 aliphatic rings. The molecule has 2 aromatic carbocycles. The number of pyridine rings is 1. The molecule has 3 rings (SSSR count). The lowest BCUT2D eigenvalue weighted by Gasteiger charge is -2.12. The summed E-state index contributed by atoms with van der Waals surface area (Å²) >= 11 is 2.24. The molecule has 19 heavy (non-hydrogen) atoms. The fraction of sp³-hybridized carbons (Fsp3) is 0. The van der Waals surface area contributed by atoms with Crippen LogP contribution in [-0.4, -0.2) is 4.98 Å². The molecule has 4 heteroatoms. The van der Waals surface area contributed by atoms with Crippen LogP contribution in [0.25, 0.3) is 10.9 Å². The van der Waals surface area contributed by atoms with Gasteiger partial charge in [-0.15, -0.1) is 0 Å². The van der Waals surface area contributed by atoms with Gasteiger partial charge in [0.1, 0.15) is 5.75 Å². The molecule has 0 spiro atoms. The topological polar surface area (TPSA) is 48.1 Å². The number of hydrogen-bond donors (Lipinski definition) is 1. The third-order valence-electron chi connectivity index (χ3n) is 2.80. The second-order valence-electron chi connectivity index (χ2n) is 4.09. The summed E-state index contributed by atoms with van der Waals surface area (Å²) in [5.74, 6) is 1.46. The number of fused-ring (bicyclic) bond motifs is 1. The fourth-order valence-electron chi connectivity index (χ4n) is 1.88. The van der Waals surface area contributed by atoms with E-state index in [-0.39, 0.29) is 0 Å². The standard InChI is InChI=1S/C15H11IN2O/c16-11-6-2-4-8-14(11)19-15-10-5-1-3-7-13(10)18-9-12(15)17/h1-9H,17H2. The number of nitrogens with zero attached hydrogens (tertiary/aromatic N) is 1. The van der Waals surface area contributed by atoms with Gasteiger partial charge in [-0.1, -0.05) is 24.3 Å². The van der Waals surface area contributed by atoms with Crippen molar-refractivity contribution in [3.05, 3.63) is 58.3 Å². The van der Waals surface area contributed by atoms with Crippen LogP contribution in [0.1, 0.15) is 0 Å². The van der Waals surface area contributed by atoms with Crippen LogP contribution in [0.3, 0.4) is 0 Å². The smallest absolute Gasteiger partial charge is 0.161 e. The van der Waals surface area contributed by atoms with Crippen LogP contribution < -0.4 is 10.5 Å². The third-order valence-corrected chi connectivity index (χ3v) is 3.69. The van der Waals surface area contributed by atoms with Crippen LogP contribution >= 0.6 is 22.6 Å². The first-order valence-corrected chi connectivity index (χ1v) is 6.89. The molecule has 0 amide bonds. The van der Waals surface area contributed by atoms with E-state index < -0.39 is 0 Å². The summed E-state index contributed by atoms with van der Waals surface area (Å²) in [6, 6.07) is 15.6. The fourth-order valence-corrected chi connectivity index (χ4v) is 2.38. The van der Waals surface area contributed by atoms with E-state index in [1.54, 1.807) is 6.20 Å². The predicted molar refractivity (Wildman–Crippen MR) is 85.4 cm³/mol. The highest BCUT2D eigenvalue weighted by Gasteiger charge is 2.10. The van der Waals surface area contributed by atoms with Gasteiger partial charge in [0.05, 0.1) is 21.0 Å². The molecule has 0 bridgehead atoms. The quantitative estimate of drug-likeness (QED) is 0.695. The van der Waals surface area contributed by atoms with Crippen LogP contribution in [0.4, 0.5) is 5.69 Å². The van der Waals surface area contributed by atoms with E-state index >= 15 is 0 Å². The Morgan fingerprint density at radius 3 is 2.58 bits per heavy atom. The molecule has 0 aliphatic carbocycles. The molecule has 0 atom stereocenters. The molecule has 0 radical (unpaired) electrons. The number of halogens is 1. The van der Waals surface area contributed by atoms with Gasteiger partial charge >= 0.3 is 0 Å². The van der Waals surface area contributed by atoms with Crippen molar-refractivity contribution >= 4 is 39.2 Å². The summed E-state index contributed by atoms with van der Waals surface area (Å²) in [5.41, 5.74) is 7.41. The van der Waals surface area contributed by atoms with Gasteiger partial charge in [-0.3, -0.25) is 4.98 Å². The zero-order valence-electron chi connectivity index (χ0n) is 10.0. The van der Waals surface area contributed by atoms with Crippen LogP contribution in [0.5, 0.6) is 11.5 Å². The van der Waals surface area contributed by atoms with Gasteiger partial charge in [0.2, 0.25) is 0 Å². The average Bonchev–Trinajstić information content (AvgIpc) is 2.44. The molecule has 0 saturated carbocycles. The van der Waals surface area contributed by atoms with E-state index in [2.05, 4.69) is 27.6 Å². The van der Waals surface area contributed by atoms with Crippen molar-refractivity contribution in [3.8, 4) is 11.5 Å². The molecule has 3 aromatic rings. The van der Waals surface area contributed by atoms with Crippen molar-refractivity contribution in [3.63, 3.8) is 0 Å². The van der Waals surface area contributed by atoms with E-state index in [4.69, 9.17) is 10.5 Å². The Kier molecular flexibility index (Phi) is 3.25. The lowest BCUT2D eigenvalue weighted by molar-refractivity contribution is 0.487. The summed E-state index contributed by atoms with van der Waals surface area (Å²) in [7, 11) is 0. The van der Waals surface area contributed by atoms with Gasteiger partial charge in [0.25, 0.3) is 0 Å². The van der Waals surface area contributed by atoms with Crippen molar-refractivity contribution in [2.24, 2.45) is 0 Å². The molecule has 0 unspecified atom stereocenters. The Morgan fingerprint density at radius 1 is 1.00 bits per heavy atom. The minimum absolute atomic E-state index is 0.540. The summed E-state index contributed by atoms with van der Waals surface area (Å²) in [6.07, 6.45) is 1.63. The predicted octanol–water partition coefficient (Wildman–Crippen LogP) is 4.21. The molecule has 1 heterocycles. The average molecular weight is 362 g/mol. The summed E-state index contributed by atoms with van der Waals surface area (Å²) < 4.78 is 7.02. The van der Waals surface area contributed by atoms with Gasteiger partial charge in [-0.25, -0.2) is 0 Å². The Balaban J connectivity index is 2.15. The van der Waals surface area contributed by atoms with E-state index in [0.717, 1.165) is 20.2 Å². The van der Waals surface area contributed by atoms with Crippen LogP contribution in [-0.2, 0) is 0 Å². The Bertz CT molecular complexity index is 743. The molecular weight excluding hydrogens is 351 g/mol. The maximum atomic E-state index is 5.99. The molecule has 3 nitrogen and oxygen atoms in total. The highest BCUT2D eigenvalue weighted by Crippen LogP contribution is 2.35. The van der Waals surface area contributed by atoms with Crippen molar-refractivity contribution in [1.82, 2.24) is 4.98 Å². The SMILES string of the molecule is Nc1cnc2ccccc2c1Oc1ccccc1I. The molecular formula is C15H11IN2O. The summed E-state index contributed by atoms with van der Waals surface area (Å²) in [5, 5.41) is 0.919. The van der Waals surface area contributed by atoms with E-state index in [1.807, 2.05) is 48.5 Å². The molecule has 2 N–H and O–H groups in total. The first kappa shape index (κ1) is 12.2. The Hall–Kier alpha value is -1.82. The van der Waals surface area contributed by atoms with Gasteiger partial charge in [-0.2, -0.15) is 0 Å². The second-order valence-corrected chi connectivity index (χ2v) is 5.25. The summed E-state index contributed by atoms with van der Waals surface area (Å²) in [6.45, 7) is 0. The largest absolute Gasteiger partial charge is 0.453 e. The summed E-state index contributed by atoms with van der Waals surface area (Å²) in [4.78, 5) is 4.30. The second kappa shape index (κ2) is 5.05. The normalized spacial score (nSPS) is 10.6. The number of anilines is 1. The first-order chi connectivity index (χ1) is 9.25. The van der Waals surface area contributed by atoms with Crippen LogP contribution in [0.2, 0.25) is 0 Å². The van der Waals surface area contributed by atoms with Gasteiger partial charge in [0.15, 0.2) is 5.75 Å². The number of para-hydroxylation sites is 2. The third kappa shape index (κ3) is 2.35. The Morgan fingerprint density at radius 2 is 1.74 bits per heavy atom. The maximum absolute atomic E-state index is 5.99. The van der Waals surface area contributed by atoms with E-state index in [1.165, 1.54) is 0 Å². The van der Waals surface area contributed by atoms with Crippen LogP contribution in [0.15, 0.2) is 54.7 Å². The molecule has 0 aliphatic heterocycles. The molecule has 0 saturated heterocycles. The van der Waals surface area contributed by atoms with Crippen molar-refractivity contribution < 1.29 is 4.74 Å². The Labute approximate surface area is 124 Å². The zero-order valence-corrected chi connectivity index (χ0v) is 12.2. The highest BCUT2D eigenvalue weighted by atomic mass is 127. The van der Waals surface area contributed by atoms with Gasteiger partial charge in [0, 0.05) is 5.39 Å².